The number of nitrogens with zero attached hydrogens (tertiary/aromatic N) is 4. The molecule has 3 amide bonds. The van der Waals surface area contributed by atoms with Crippen molar-refractivity contribution in [3.63, 3.8) is 0 Å². The second-order valence-electron chi connectivity index (χ2n) is 6.08. The Morgan fingerprint density at radius 3 is 2.57 bits per heavy atom. The van der Waals surface area contributed by atoms with Crippen molar-refractivity contribution in [1.82, 2.24) is 29.9 Å². The van der Waals surface area contributed by atoms with Crippen molar-refractivity contribution in [3.05, 3.63) is 35.4 Å². The molecule has 1 unspecified atom stereocenters. The third kappa shape index (κ3) is 4.05. The predicted octanol–water partition coefficient (Wildman–Crippen LogP) is -0.0517. The smallest absolute Gasteiger partial charge is 0.368 e. The number of carbonyl (C=O) groups excluding carboxylic acids is 2. The Morgan fingerprint density at radius 2 is 2.00 bits per heavy atom. The van der Waals surface area contributed by atoms with Gasteiger partial charge in [-0.25, -0.2) is 27.9 Å². The number of sulfonamides is 1. The first-order valence-corrected chi connectivity index (χ1v) is 9.86. The highest BCUT2D eigenvalue weighted by atomic mass is 32.2. The lowest BCUT2D eigenvalue weighted by Crippen LogP contribution is -2.52. The van der Waals surface area contributed by atoms with Crippen LogP contribution in [0.1, 0.15) is 28.0 Å². The molecule has 0 saturated heterocycles. The SMILES string of the molecule is CNC(=O)c1ncn(-c2cc3c(cc2C(F)(F)F)NC(=O)N(NS(C)(=O)=O)C3O)n1. The minimum absolute atomic E-state index is 0.259. The van der Waals surface area contributed by atoms with E-state index in [1.807, 2.05) is 0 Å². The highest BCUT2D eigenvalue weighted by molar-refractivity contribution is 7.88. The molecule has 4 N–H and O–H groups in total. The minimum Gasteiger partial charge on any atom is -0.368 e. The molecule has 16 heteroatoms. The lowest BCUT2D eigenvalue weighted by molar-refractivity contribution is -0.137. The van der Waals surface area contributed by atoms with E-state index < -0.39 is 51.4 Å². The summed E-state index contributed by atoms with van der Waals surface area (Å²) in [4.78, 5) is 29.0. The number of aliphatic hydroxyl groups is 1. The molecule has 12 nitrogen and oxygen atoms in total. The molecule has 0 bridgehead atoms. The first-order valence-electron chi connectivity index (χ1n) is 7.97. The third-order valence-corrected chi connectivity index (χ3v) is 4.42. The largest absolute Gasteiger partial charge is 0.418 e. The van der Waals surface area contributed by atoms with Crippen LogP contribution in [-0.2, 0) is 16.2 Å². The van der Waals surface area contributed by atoms with E-state index >= 15 is 0 Å². The van der Waals surface area contributed by atoms with Crippen LogP contribution >= 0.6 is 0 Å². The second-order valence-corrected chi connectivity index (χ2v) is 7.81. The highest BCUT2D eigenvalue weighted by Gasteiger charge is 2.40. The zero-order chi connectivity index (χ0) is 22.4. The number of amides is 3. The summed E-state index contributed by atoms with van der Waals surface area (Å²) in [7, 11) is -2.71. The molecule has 0 fully saturated rings. The van der Waals surface area contributed by atoms with Gasteiger partial charge in [-0.3, -0.25) is 4.79 Å². The van der Waals surface area contributed by atoms with Crippen LogP contribution in [0.2, 0.25) is 0 Å². The van der Waals surface area contributed by atoms with Gasteiger partial charge in [-0.05, 0) is 12.1 Å². The maximum Gasteiger partial charge on any atom is 0.418 e. The Morgan fingerprint density at radius 1 is 1.33 bits per heavy atom. The van der Waals surface area contributed by atoms with E-state index in [9.17, 15) is 36.3 Å². The number of hydrogen-bond donors (Lipinski definition) is 4. The molecule has 162 valence electrons. The summed E-state index contributed by atoms with van der Waals surface area (Å²) in [6.45, 7) is 0. The molecule has 0 saturated carbocycles. The van der Waals surface area contributed by atoms with Crippen molar-refractivity contribution in [2.45, 2.75) is 12.4 Å². The molecule has 0 aliphatic carbocycles. The standard InChI is InChI=1S/C14H14F3N7O5S/c1-18-11(25)10-19-5-23(21-10)9-3-6-8(4-7(9)14(15,16)17)20-13(27)24(12(6)26)22-30(2,28)29/h3-5,12,22,26H,1-2H3,(H,18,25)(H,20,27). The molecule has 30 heavy (non-hydrogen) atoms. The van der Waals surface area contributed by atoms with E-state index in [0.717, 1.165) is 18.6 Å². The van der Waals surface area contributed by atoms with Gasteiger partial charge in [-0.1, -0.05) is 0 Å². The van der Waals surface area contributed by atoms with E-state index in [2.05, 4.69) is 20.7 Å². The summed E-state index contributed by atoms with van der Waals surface area (Å²) in [5.41, 5.74) is -2.50. The number of alkyl halides is 3. The Kier molecular flexibility index (Phi) is 5.17. The van der Waals surface area contributed by atoms with Crippen LogP contribution in [0.15, 0.2) is 18.5 Å². The fourth-order valence-electron chi connectivity index (χ4n) is 2.63. The van der Waals surface area contributed by atoms with Crippen molar-refractivity contribution >= 4 is 27.6 Å². The average molecular weight is 449 g/mol. The van der Waals surface area contributed by atoms with Gasteiger partial charge in [0.1, 0.15) is 6.33 Å². The van der Waals surface area contributed by atoms with Gasteiger partial charge in [0.15, 0.2) is 6.23 Å². The molecule has 1 aliphatic rings. The number of hydrogen-bond acceptors (Lipinski definition) is 7. The normalized spacial score (nSPS) is 16.8. The third-order valence-electron chi connectivity index (χ3n) is 3.89. The summed E-state index contributed by atoms with van der Waals surface area (Å²) in [5, 5.41) is 18.7. The number of anilines is 1. The Bertz CT molecular complexity index is 1130. The number of nitrogens with one attached hydrogen (secondary N) is 3. The Labute approximate surface area is 166 Å². The summed E-state index contributed by atoms with van der Waals surface area (Å²) < 4.78 is 64.3. The average Bonchev–Trinajstić information content (AvgIpc) is 3.12. The molecule has 3 rings (SSSR count). The lowest BCUT2D eigenvalue weighted by Gasteiger charge is -2.34. The molecular formula is C14H14F3N7O5S. The Hall–Kier alpha value is -3.24. The van der Waals surface area contributed by atoms with Crippen LogP contribution in [0.3, 0.4) is 0 Å². The van der Waals surface area contributed by atoms with Crippen molar-refractivity contribution in [1.29, 1.82) is 0 Å². The fourth-order valence-corrected chi connectivity index (χ4v) is 3.17. The number of fused-ring (bicyclic) bond motifs is 1. The lowest BCUT2D eigenvalue weighted by atomic mass is 10.0. The first kappa shape index (κ1) is 21.5. The number of aliphatic hydroxyl groups excluding tert-OH is 1. The molecule has 1 aromatic heterocycles. The van der Waals surface area contributed by atoms with Gasteiger partial charge in [-0.2, -0.15) is 13.2 Å². The van der Waals surface area contributed by atoms with Crippen LogP contribution in [0.25, 0.3) is 5.69 Å². The first-order chi connectivity index (χ1) is 13.8. The van der Waals surface area contributed by atoms with Crippen LogP contribution < -0.4 is 15.5 Å². The van der Waals surface area contributed by atoms with Crippen LogP contribution in [0.4, 0.5) is 23.7 Å². The summed E-state index contributed by atoms with van der Waals surface area (Å²) in [5.74, 6) is -1.14. The fraction of sp³-hybridized carbons (Fsp3) is 0.286. The molecule has 0 radical (unpaired) electrons. The zero-order valence-electron chi connectivity index (χ0n) is 15.2. The van der Waals surface area contributed by atoms with Crippen molar-refractivity contribution < 1.29 is 36.3 Å². The molecule has 2 heterocycles. The van der Waals surface area contributed by atoms with Gasteiger partial charge in [-0.15, -0.1) is 9.93 Å². The number of benzene rings is 1. The number of carbonyl (C=O) groups is 2. The number of hydrazine groups is 1. The topological polar surface area (TPSA) is 159 Å². The summed E-state index contributed by atoms with van der Waals surface area (Å²) >= 11 is 0. The number of aromatic nitrogens is 3. The molecule has 1 atom stereocenters. The molecule has 1 aromatic carbocycles. The number of rotatable bonds is 4. The predicted molar refractivity (Wildman–Crippen MR) is 93.5 cm³/mol. The quantitative estimate of drug-likeness (QED) is 0.509. The van der Waals surface area contributed by atoms with Crippen molar-refractivity contribution in [3.8, 4) is 5.69 Å². The van der Waals surface area contributed by atoms with Gasteiger partial charge in [0.05, 0.1) is 23.2 Å². The van der Waals surface area contributed by atoms with Crippen molar-refractivity contribution in [2.75, 3.05) is 18.6 Å². The number of halogens is 3. The summed E-state index contributed by atoms with van der Waals surface area (Å²) in [6, 6.07) is 0.218. The molecule has 1 aliphatic heterocycles. The maximum atomic E-state index is 13.6. The van der Waals surface area contributed by atoms with Crippen LogP contribution in [0, 0.1) is 0 Å². The highest BCUT2D eigenvalue weighted by Crippen LogP contribution is 2.40. The van der Waals surface area contributed by atoms with E-state index in [4.69, 9.17) is 0 Å². The van der Waals surface area contributed by atoms with Gasteiger partial charge < -0.3 is 15.7 Å². The van der Waals surface area contributed by atoms with Gasteiger partial charge in [0, 0.05) is 12.6 Å². The summed E-state index contributed by atoms with van der Waals surface area (Å²) in [6.07, 6.45) is -5.27. The van der Waals surface area contributed by atoms with Crippen LogP contribution in [0.5, 0.6) is 0 Å². The monoisotopic (exact) mass is 449 g/mol. The van der Waals surface area contributed by atoms with Gasteiger partial charge in [0.25, 0.3) is 5.91 Å². The van der Waals surface area contributed by atoms with Crippen LogP contribution in [-0.4, -0.2) is 58.5 Å². The second kappa shape index (κ2) is 7.22. The molecular weight excluding hydrogens is 435 g/mol. The maximum absolute atomic E-state index is 13.6. The minimum atomic E-state index is -4.90. The van der Waals surface area contributed by atoms with E-state index in [-0.39, 0.29) is 11.3 Å². The zero-order valence-corrected chi connectivity index (χ0v) is 16.0. The van der Waals surface area contributed by atoms with E-state index in [1.54, 1.807) is 4.83 Å². The van der Waals surface area contributed by atoms with Crippen molar-refractivity contribution in [2.24, 2.45) is 0 Å². The molecule has 2 aromatic rings. The van der Waals surface area contributed by atoms with E-state index in [0.29, 0.717) is 15.8 Å². The molecule has 0 spiro atoms. The number of urea groups is 1. The van der Waals surface area contributed by atoms with Gasteiger partial charge >= 0.3 is 12.2 Å². The van der Waals surface area contributed by atoms with E-state index in [1.165, 1.54) is 7.05 Å². The van der Waals surface area contributed by atoms with Gasteiger partial charge in [0.2, 0.25) is 15.8 Å². The Balaban J connectivity index is 2.16.